The minimum atomic E-state index is -1.01. The quantitative estimate of drug-likeness (QED) is 0.638. The Hall–Kier alpha value is -2.85. The summed E-state index contributed by atoms with van der Waals surface area (Å²) in [7, 11) is 0. The summed E-state index contributed by atoms with van der Waals surface area (Å²) in [5, 5.41) is 13.8. The first-order chi connectivity index (χ1) is 13.3. The maximum atomic E-state index is 12.7. The van der Waals surface area contributed by atoms with Crippen LogP contribution in [-0.2, 0) is 4.79 Å². The van der Waals surface area contributed by atoms with Crippen LogP contribution in [0.15, 0.2) is 24.1 Å². The third kappa shape index (κ3) is 3.36. The molecule has 1 saturated heterocycles. The van der Waals surface area contributed by atoms with Crippen LogP contribution in [0.3, 0.4) is 0 Å². The minimum absolute atomic E-state index is 0.121. The fourth-order valence-electron chi connectivity index (χ4n) is 3.43. The second-order valence-corrected chi connectivity index (χ2v) is 8.18. The topological polar surface area (TPSA) is 123 Å². The van der Waals surface area contributed by atoms with Crippen molar-refractivity contribution in [1.29, 1.82) is 0 Å². The zero-order chi connectivity index (χ0) is 19.9. The van der Waals surface area contributed by atoms with Crippen molar-refractivity contribution < 1.29 is 9.90 Å². The van der Waals surface area contributed by atoms with Gasteiger partial charge in [0.05, 0.1) is 28.7 Å². The summed E-state index contributed by atoms with van der Waals surface area (Å²) in [4.78, 5) is 31.2. The number of thiazole rings is 1. The molecule has 1 aliphatic heterocycles. The Morgan fingerprint density at radius 1 is 1.43 bits per heavy atom. The van der Waals surface area contributed by atoms with Gasteiger partial charge in [0, 0.05) is 24.5 Å². The number of aliphatic hydroxyl groups is 1. The van der Waals surface area contributed by atoms with Crippen molar-refractivity contribution in [2.75, 3.05) is 18.8 Å². The van der Waals surface area contributed by atoms with Gasteiger partial charge < -0.3 is 20.3 Å². The molecule has 2 atom stereocenters. The number of imidazole rings is 1. The van der Waals surface area contributed by atoms with E-state index in [1.807, 2.05) is 12.3 Å². The first-order valence-electron chi connectivity index (χ1n) is 8.89. The third-order valence-electron chi connectivity index (χ3n) is 5.07. The number of nitrogens with two attached hydrogens (primary N) is 1. The molecule has 0 spiro atoms. The van der Waals surface area contributed by atoms with Gasteiger partial charge in [-0.05, 0) is 26.3 Å². The summed E-state index contributed by atoms with van der Waals surface area (Å²) in [5.41, 5.74) is 6.65. The number of amides is 1. The number of aromatic nitrogens is 5. The summed E-state index contributed by atoms with van der Waals surface area (Å²) in [6, 6.07) is -0.403. The molecule has 4 heterocycles. The number of anilines is 1. The smallest absolute Gasteiger partial charge is 0.246 e. The average Bonchev–Trinajstić information content (AvgIpc) is 3.26. The van der Waals surface area contributed by atoms with E-state index in [1.165, 1.54) is 23.7 Å². The number of carbonyl (C=O) groups excluding carboxylic acids is 1. The molecule has 0 unspecified atom stereocenters. The van der Waals surface area contributed by atoms with Crippen LogP contribution in [0.5, 0.6) is 0 Å². The molecule has 0 aliphatic carbocycles. The summed E-state index contributed by atoms with van der Waals surface area (Å²) in [6.07, 6.45) is 6.64. The molecule has 4 rings (SSSR count). The molecular formula is C18H21N7O2S. The van der Waals surface area contributed by atoms with E-state index in [0.29, 0.717) is 30.7 Å². The zero-order valence-electron chi connectivity index (χ0n) is 15.6. The van der Waals surface area contributed by atoms with Crippen molar-refractivity contribution >= 4 is 40.3 Å². The molecule has 146 valence electrons. The average molecular weight is 399 g/mol. The van der Waals surface area contributed by atoms with Crippen LogP contribution in [0.1, 0.15) is 30.1 Å². The largest absolute Gasteiger partial charge is 0.388 e. The normalized spacial score (nSPS) is 23.0. The highest BCUT2D eigenvalue weighted by atomic mass is 32.1. The van der Waals surface area contributed by atoms with Gasteiger partial charge in [0.25, 0.3) is 0 Å². The number of fused-ring (bicyclic) bond motifs is 1. The molecule has 9 nitrogen and oxygen atoms in total. The number of piperidine rings is 1. The number of rotatable bonds is 3. The van der Waals surface area contributed by atoms with E-state index >= 15 is 0 Å². The lowest BCUT2D eigenvalue weighted by Gasteiger charge is -2.42. The molecule has 28 heavy (non-hydrogen) atoms. The number of hydrogen-bond donors (Lipinski definition) is 2. The van der Waals surface area contributed by atoms with Crippen LogP contribution in [0.2, 0.25) is 0 Å². The van der Waals surface area contributed by atoms with Gasteiger partial charge in [-0.25, -0.2) is 19.9 Å². The van der Waals surface area contributed by atoms with Crippen LogP contribution in [0, 0.1) is 6.92 Å². The molecule has 0 aromatic carbocycles. The summed E-state index contributed by atoms with van der Waals surface area (Å²) < 4.78 is 1.78. The molecule has 3 aromatic rings. The number of likely N-dealkylation sites (tertiary alicyclic amines) is 1. The number of carbonyl (C=O) groups is 1. The standard InChI is InChI=1S/C18H21N7O2S/c1-11-23-12(8-28-11)3-4-14(26)24-6-5-18(2,27)13(7-24)25-10-22-15-16(19)20-9-21-17(15)25/h3-4,8-10,13,27H,5-7H2,1-2H3,(H2,19,20,21)/b4-3+/t13-,18-/m1/s1. The van der Waals surface area contributed by atoms with Crippen molar-refractivity contribution in [2.24, 2.45) is 0 Å². The van der Waals surface area contributed by atoms with Gasteiger partial charge in [-0.1, -0.05) is 0 Å². The van der Waals surface area contributed by atoms with Crippen molar-refractivity contribution in [1.82, 2.24) is 29.4 Å². The molecule has 3 N–H and O–H groups in total. The van der Waals surface area contributed by atoms with Crippen LogP contribution < -0.4 is 5.73 Å². The van der Waals surface area contributed by atoms with Gasteiger partial charge in [-0.2, -0.15) is 0 Å². The zero-order valence-corrected chi connectivity index (χ0v) is 16.4. The second-order valence-electron chi connectivity index (χ2n) is 7.11. The van der Waals surface area contributed by atoms with E-state index in [9.17, 15) is 9.90 Å². The van der Waals surface area contributed by atoms with Crippen LogP contribution in [-0.4, -0.2) is 59.1 Å². The molecule has 3 aromatic heterocycles. The highest BCUT2D eigenvalue weighted by molar-refractivity contribution is 7.09. The van der Waals surface area contributed by atoms with Gasteiger partial charge in [0.2, 0.25) is 5.91 Å². The van der Waals surface area contributed by atoms with Crippen molar-refractivity contribution in [3.8, 4) is 0 Å². The van der Waals surface area contributed by atoms with Crippen molar-refractivity contribution in [2.45, 2.75) is 31.9 Å². The van der Waals surface area contributed by atoms with E-state index in [-0.39, 0.29) is 11.7 Å². The van der Waals surface area contributed by atoms with Crippen molar-refractivity contribution in [3.63, 3.8) is 0 Å². The first kappa shape index (κ1) is 18.5. The van der Waals surface area contributed by atoms with E-state index in [4.69, 9.17) is 5.73 Å². The second kappa shape index (κ2) is 6.95. The number of nitrogen functional groups attached to an aromatic ring is 1. The molecule has 1 aliphatic rings. The van der Waals surface area contributed by atoms with Gasteiger partial charge in [-0.15, -0.1) is 11.3 Å². The van der Waals surface area contributed by atoms with Gasteiger partial charge in [0.15, 0.2) is 11.5 Å². The Kier molecular flexibility index (Phi) is 4.60. The summed E-state index contributed by atoms with van der Waals surface area (Å²) in [6.45, 7) is 4.49. The Morgan fingerprint density at radius 3 is 3.00 bits per heavy atom. The summed E-state index contributed by atoms with van der Waals surface area (Å²) >= 11 is 1.54. The third-order valence-corrected chi connectivity index (χ3v) is 5.86. The Balaban J connectivity index is 1.59. The molecule has 0 radical (unpaired) electrons. The molecule has 1 fully saturated rings. The first-order valence-corrected chi connectivity index (χ1v) is 9.77. The predicted octanol–water partition coefficient (Wildman–Crippen LogP) is 1.41. The van der Waals surface area contributed by atoms with Gasteiger partial charge in [-0.3, -0.25) is 4.79 Å². The Morgan fingerprint density at radius 2 is 2.25 bits per heavy atom. The van der Waals surface area contributed by atoms with E-state index in [0.717, 1.165) is 10.7 Å². The van der Waals surface area contributed by atoms with E-state index in [2.05, 4.69) is 19.9 Å². The summed E-state index contributed by atoms with van der Waals surface area (Å²) in [5.74, 6) is 0.165. The van der Waals surface area contributed by atoms with Crippen LogP contribution in [0.25, 0.3) is 17.2 Å². The highest BCUT2D eigenvalue weighted by Gasteiger charge is 2.40. The number of nitrogens with zero attached hydrogens (tertiary/aromatic N) is 6. The number of aryl methyl sites for hydroxylation is 1. The fraction of sp³-hybridized carbons (Fsp3) is 0.389. The Labute approximate surface area is 165 Å². The molecule has 1 amide bonds. The van der Waals surface area contributed by atoms with Crippen LogP contribution >= 0.6 is 11.3 Å². The maximum Gasteiger partial charge on any atom is 0.246 e. The van der Waals surface area contributed by atoms with Crippen molar-refractivity contribution in [3.05, 3.63) is 34.8 Å². The molecule has 0 saturated carbocycles. The maximum absolute atomic E-state index is 12.7. The van der Waals surface area contributed by atoms with E-state index < -0.39 is 11.6 Å². The van der Waals surface area contributed by atoms with Gasteiger partial charge >= 0.3 is 0 Å². The van der Waals surface area contributed by atoms with Crippen LogP contribution in [0.4, 0.5) is 5.82 Å². The van der Waals surface area contributed by atoms with Gasteiger partial charge in [0.1, 0.15) is 11.8 Å². The highest BCUT2D eigenvalue weighted by Crippen LogP contribution is 2.34. The number of hydrogen-bond acceptors (Lipinski definition) is 8. The lowest BCUT2D eigenvalue weighted by Crippen LogP contribution is -2.52. The fourth-order valence-corrected chi connectivity index (χ4v) is 4.01. The monoisotopic (exact) mass is 399 g/mol. The lowest BCUT2D eigenvalue weighted by molar-refractivity contribution is -0.132. The Bertz CT molecular complexity index is 1060. The SMILES string of the molecule is Cc1nc(/C=C/C(=O)N2CC[C@@](C)(O)[C@H](n3cnc4c(N)ncnc43)C2)cs1. The molecular weight excluding hydrogens is 378 g/mol. The lowest BCUT2D eigenvalue weighted by atomic mass is 9.88. The van der Waals surface area contributed by atoms with E-state index in [1.54, 1.807) is 28.8 Å². The molecule has 0 bridgehead atoms. The predicted molar refractivity (Wildman–Crippen MR) is 106 cm³/mol. The minimum Gasteiger partial charge on any atom is -0.388 e. The molecule has 10 heteroatoms.